The molecule has 1 aromatic rings. The third kappa shape index (κ3) is 2.45. The first-order valence-corrected chi connectivity index (χ1v) is 6.89. The molecule has 2 rings (SSSR count). The van der Waals surface area contributed by atoms with E-state index in [9.17, 15) is 5.11 Å². The van der Waals surface area contributed by atoms with Crippen molar-refractivity contribution in [2.75, 3.05) is 13.7 Å². The van der Waals surface area contributed by atoms with Crippen LogP contribution in [0.4, 0.5) is 0 Å². The van der Waals surface area contributed by atoms with E-state index in [1.807, 2.05) is 13.8 Å². The van der Waals surface area contributed by atoms with Crippen molar-refractivity contribution in [2.45, 2.75) is 44.6 Å². The number of ether oxygens (including phenoxy) is 1. The Hall–Kier alpha value is -0.860. The van der Waals surface area contributed by atoms with Gasteiger partial charge in [-0.3, -0.25) is 0 Å². The predicted octanol–water partition coefficient (Wildman–Crippen LogP) is 3.44. The molecule has 1 fully saturated rings. The van der Waals surface area contributed by atoms with Crippen LogP contribution in [0.3, 0.4) is 0 Å². The topological polar surface area (TPSA) is 29.5 Å². The van der Waals surface area contributed by atoms with E-state index in [0.29, 0.717) is 6.61 Å². The van der Waals surface area contributed by atoms with Gasteiger partial charge < -0.3 is 9.84 Å². The molecule has 0 spiro atoms. The van der Waals surface area contributed by atoms with Crippen molar-refractivity contribution < 1.29 is 9.84 Å². The number of hydrogen-bond acceptors (Lipinski definition) is 2. The van der Waals surface area contributed by atoms with Gasteiger partial charge >= 0.3 is 0 Å². The van der Waals surface area contributed by atoms with Gasteiger partial charge in [0.05, 0.1) is 6.61 Å². The molecule has 2 nitrogen and oxygen atoms in total. The molecule has 100 valence electrons. The molecule has 1 aliphatic rings. The molecule has 0 aliphatic heterocycles. The first-order valence-electron chi connectivity index (χ1n) is 6.89. The average molecular weight is 248 g/mol. The lowest BCUT2D eigenvalue weighted by molar-refractivity contribution is -0.0700. The smallest absolute Gasteiger partial charge is 0.115 e. The third-order valence-corrected chi connectivity index (χ3v) is 4.31. The standard InChI is InChI=1S/C16H24O2/c1-12(2)16(17,11-18-3)15-9-7-14(8-10-15)13-5-4-6-13/h7-10,12-13,17H,4-6,11H2,1-3H3. The van der Waals surface area contributed by atoms with Crippen molar-refractivity contribution in [3.63, 3.8) is 0 Å². The fraction of sp³-hybridized carbons (Fsp3) is 0.625. The van der Waals surface area contributed by atoms with Crippen LogP contribution in [-0.4, -0.2) is 18.8 Å². The molecule has 1 atom stereocenters. The Morgan fingerprint density at radius 3 is 2.28 bits per heavy atom. The van der Waals surface area contributed by atoms with E-state index >= 15 is 0 Å². The van der Waals surface area contributed by atoms with Crippen LogP contribution in [-0.2, 0) is 10.3 Å². The highest BCUT2D eigenvalue weighted by Crippen LogP contribution is 2.37. The Kier molecular flexibility index (Phi) is 4.08. The number of rotatable bonds is 5. The number of methoxy groups -OCH3 is 1. The second-order valence-electron chi connectivity index (χ2n) is 5.76. The second-order valence-corrected chi connectivity index (χ2v) is 5.76. The fourth-order valence-electron chi connectivity index (χ4n) is 2.59. The monoisotopic (exact) mass is 248 g/mol. The lowest BCUT2D eigenvalue weighted by Gasteiger charge is -2.33. The minimum Gasteiger partial charge on any atom is -0.382 e. The molecular formula is C16H24O2. The van der Waals surface area contributed by atoms with Crippen LogP contribution in [0.15, 0.2) is 24.3 Å². The van der Waals surface area contributed by atoms with Crippen LogP contribution in [0.5, 0.6) is 0 Å². The van der Waals surface area contributed by atoms with Gasteiger partial charge in [-0.2, -0.15) is 0 Å². The Balaban J connectivity index is 2.20. The van der Waals surface area contributed by atoms with Crippen molar-refractivity contribution in [3.05, 3.63) is 35.4 Å². The Morgan fingerprint density at radius 2 is 1.89 bits per heavy atom. The maximum Gasteiger partial charge on any atom is 0.115 e. The van der Waals surface area contributed by atoms with E-state index in [4.69, 9.17) is 4.74 Å². The second kappa shape index (κ2) is 5.41. The van der Waals surface area contributed by atoms with Crippen molar-refractivity contribution in [1.29, 1.82) is 0 Å². The number of aliphatic hydroxyl groups is 1. The summed E-state index contributed by atoms with van der Waals surface area (Å²) < 4.78 is 5.18. The summed E-state index contributed by atoms with van der Waals surface area (Å²) in [5, 5.41) is 10.7. The highest BCUT2D eigenvalue weighted by Gasteiger charge is 2.33. The zero-order valence-electron chi connectivity index (χ0n) is 11.6. The summed E-state index contributed by atoms with van der Waals surface area (Å²) in [5.74, 6) is 0.876. The molecule has 1 saturated carbocycles. The van der Waals surface area contributed by atoms with Gasteiger partial charge in [-0.25, -0.2) is 0 Å². The largest absolute Gasteiger partial charge is 0.382 e. The molecule has 1 unspecified atom stereocenters. The van der Waals surface area contributed by atoms with E-state index < -0.39 is 5.60 Å². The van der Waals surface area contributed by atoms with Gasteiger partial charge in [0, 0.05) is 7.11 Å². The zero-order valence-corrected chi connectivity index (χ0v) is 11.6. The third-order valence-electron chi connectivity index (χ3n) is 4.31. The number of hydrogen-bond donors (Lipinski definition) is 1. The SMILES string of the molecule is COCC(O)(c1ccc(C2CCC2)cc1)C(C)C. The van der Waals surface area contributed by atoms with Crippen LogP contribution in [0, 0.1) is 5.92 Å². The molecule has 0 saturated heterocycles. The lowest BCUT2D eigenvalue weighted by atomic mass is 9.78. The van der Waals surface area contributed by atoms with Crippen LogP contribution in [0.1, 0.15) is 50.2 Å². The first-order chi connectivity index (χ1) is 8.58. The quantitative estimate of drug-likeness (QED) is 0.865. The predicted molar refractivity (Wildman–Crippen MR) is 73.6 cm³/mol. The molecule has 1 aromatic carbocycles. The van der Waals surface area contributed by atoms with Gasteiger partial charge in [0.25, 0.3) is 0 Å². The van der Waals surface area contributed by atoms with Crippen LogP contribution >= 0.6 is 0 Å². The normalized spacial score (nSPS) is 19.6. The fourth-order valence-corrected chi connectivity index (χ4v) is 2.59. The average Bonchev–Trinajstić information content (AvgIpc) is 2.27. The van der Waals surface area contributed by atoms with Crippen LogP contribution in [0.2, 0.25) is 0 Å². The Labute approximate surface area is 110 Å². The zero-order chi connectivity index (χ0) is 13.2. The summed E-state index contributed by atoms with van der Waals surface area (Å²) in [7, 11) is 1.64. The van der Waals surface area contributed by atoms with E-state index in [-0.39, 0.29) is 5.92 Å². The van der Waals surface area contributed by atoms with Gasteiger partial charge in [-0.15, -0.1) is 0 Å². The Morgan fingerprint density at radius 1 is 1.28 bits per heavy atom. The number of benzene rings is 1. The van der Waals surface area contributed by atoms with Crippen molar-refractivity contribution in [3.8, 4) is 0 Å². The van der Waals surface area contributed by atoms with E-state index in [2.05, 4.69) is 24.3 Å². The molecular weight excluding hydrogens is 224 g/mol. The summed E-state index contributed by atoms with van der Waals surface area (Å²) >= 11 is 0. The summed E-state index contributed by atoms with van der Waals surface area (Å²) in [5.41, 5.74) is 1.49. The summed E-state index contributed by atoms with van der Waals surface area (Å²) in [4.78, 5) is 0. The maximum atomic E-state index is 10.7. The lowest BCUT2D eigenvalue weighted by Crippen LogP contribution is -2.36. The summed E-state index contributed by atoms with van der Waals surface area (Å²) in [6.45, 7) is 4.39. The molecule has 1 aliphatic carbocycles. The Bertz CT molecular complexity index is 379. The van der Waals surface area contributed by atoms with E-state index in [1.165, 1.54) is 24.8 Å². The minimum atomic E-state index is -0.882. The minimum absolute atomic E-state index is 0.131. The molecule has 2 heteroatoms. The molecule has 18 heavy (non-hydrogen) atoms. The van der Waals surface area contributed by atoms with E-state index in [0.717, 1.165) is 11.5 Å². The molecule has 0 bridgehead atoms. The summed E-state index contributed by atoms with van der Waals surface area (Å²) in [6, 6.07) is 8.46. The highest BCUT2D eigenvalue weighted by atomic mass is 16.5. The highest BCUT2D eigenvalue weighted by molar-refractivity contribution is 5.30. The van der Waals surface area contributed by atoms with Crippen LogP contribution < -0.4 is 0 Å². The van der Waals surface area contributed by atoms with Gasteiger partial charge in [-0.05, 0) is 35.8 Å². The van der Waals surface area contributed by atoms with Crippen molar-refractivity contribution >= 4 is 0 Å². The maximum absolute atomic E-state index is 10.7. The molecule has 0 radical (unpaired) electrons. The molecule has 0 heterocycles. The molecule has 0 aromatic heterocycles. The van der Waals surface area contributed by atoms with E-state index in [1.54, 1.807) is 7.11 Å². The van der Waals surface area contributed by atoms with Gasteiger partial charge in [-0.1, -0.05) is 44.5 Å². The first kappa shape index (κ1) is 13.6. The van der Waals surface area contributed by atoms with Crippen LogP contribution in [0.25, 0.3) is 0 Å². The molecule has 1 N–H and O–H groups in total. The molecule has 0 amide bonds. The van der Waals surface area contributed by atoms with Gasteiger partial charge in [0.1, 0.15) is 5.60 Å². The van der Waals surface area contributed by atoms with Crippen molar-refractivity contribution in [1.82, 2.24) is 0 Å². The van der Waals surface area contributed by atoms with Gasteiger partial charge in [0.15, 0.2) is 0 Å². The van der Waals surface area contributed by atoms with Gasteiger partial charge in [0.2, 0.25) is 0 Å². The van der Waals surface area contributed by atoms with Crippen molar-refractivity contribution in [2.24, 2.45) is 5.92 Å². The summed E-state index contributed by atoms with van der Waals surface area (Å²) in [6.07, 6.45) is 3.98.